The molecule has 8 aromatic rings. The van der Waals surface area contributed by atoms with Crippen molar-refractivity contribution >= 4 is 6.08 Å². The van der Waals surface area contributed by atoms with Crippen LogP contribution in [0.3, 0.4) is 0 Å². The molecule has 252 valence electrons. The molecule has 0 aliphatic heterocycles. The predicted molar refractivity (Wildman–Crippen MR) is 219 cm³/mol. The zero-order chi connectivity index (χ0) is 35.6. The van der Waals surface area contributed by atoms with Crippen LogP contribution >= 0.6 is 0 Å². The molecular weight excluding hydrogens is 643 g/mol. The van der Waals surface area contributed by atoms with E-state index in [9.17, 15) is 0 Å². The van der Waals surface area contributed by atoms with E-state index in [0.717, 1.165) is 67.3 Å². The number of fused-ring (bicyclic) bond motifs is 1. The maximum Gasteiger partial charge on any atom is 0.160 e. The molecule has 2 atom stereocenters. The minimum absolute atomic E-state index is 0.162. The standard InChI is InChI=1S/C50H37N3/c1-34-46(40-14-7-3-8-15-40)27-28-47-48(34)52-50(53-49(47)41-16-9-4-10-17-41)45-31-43(38-23-19-36(20-24-38)35-12-5-2-6-13-35)30-44(32-45)39-25-21-37(22-26-39)42-18-11-29-51-33-42/h2-34,46H,1H3/t34?,46-/m0/s1. The molecule has 53 heavy (non-hydrogen) atoms. The molecule has 1 unspecified atom stereocenters. The summed E-state index contributed by atoms with van der Waals surface area (Å²) in [5.41, 5.74) is 15.6. The van der Waals surface area contributed by atoms with Crippen LogP contribution in [-0.2, 0) is 0 Å². The molecule has 2 heterocycles. The molecule has 6 aromatic carbocycles. The van der Waals surface area contributed by atoms with Gasteiger partial charge in [0.15, 0.2) is 5.82 Å². The van der Waals surface area contributed by atoms with E-state index in [1.54, 1.807) is 0 Å². The van der Waals surface area contributed by atoms with Crippen molar-refractivity contribution in [2.24, 2.45) is 0 Å². The lowest BCUT2D eigenvalue weighted by atomic mass is 9.78. The van der Waals surface area contributed by atoms with Crippen molar-refractivity contribution in [3.05, 3.63) is 205 Å². The van der Waals surface area contributed by atoms with Gasteiger partial charge in [-0.1, -0.05) is 165 Å². The molecule has 1 aliphatic rings. The van der Waals surface area contributed by atoms with Gasteiger partial charge < -0.3 is 0 Å². The molecule has 0 bridgehead atoms. The second-order valence-electron chi connectivity index (χ2n) is 13.7. The van der Waals surface area contributed by atoms with Gasteiger partial charge in [0.2, 0.25) is 0 Å². The zero-order valence-corrected chi connectivity index (χ0v) is 29.5. The van der Waals surface area contributed by atoms with Crippen LogP contribution in [0.4, 0.5) is 0 Å². The molecule has 2 aromatic heterocycles. The fourth-order valence-electron chi connectivity index (χ4n) is 7.52. The third-order valence-electron chi connectivity index (χ3n) is 10.4. The second-order valence-corrected chi connectivity index (χ2v) is 13.7. The quantitative estimate of drug-likeness (QED) is 0.168. The Morgan fingerprint density at radius 1 is 0.434 bits per heavy atom. The topological polar surface area (TPSA) is 38.7 Å². The van der Waals surface area contributed by atoms with E-state index in [4.69, 9.17) is 9.97 Å². The number of pyridine rings is 1. The minimum atomic E-state index is 0.162. The summed E-state index contributed by atoms with van der Waals surface area (Å²) in [4.78, 5) is 15.1. The van der Waals surface area contributed by atoms with E-state index in [0.29, 0.717) is 0 Å². The van der Waals surface area contributed by atoms with Crippen LogP contribution < -0.4 is 0 Å². The highest BCUT2D eigenvalue weighted by Crippen LogP contribution is 2.43. The van der Waals surface area contributed by atoms with Gasteiger partial charge in [-0.25, -0.2) is 9.97 Å². The van der Waals surface area contributed by atoms with Gasteiger partial charge in [0.05, 0.1) is 11.4 Å². The summed E-state index contributed by atoms with van der Waals surface area (Å²) in [6, 6.07) is 60.2. The third-order valence-corrected chi connectivity index (χ3v) is 10.4. The van der Waals surface area contributed by atoms with Crippen LogP contribution in [0.15, 0.2) is 188 Å². The van der Waals surface area contributed by atoms with E-state index in [1.807, 2.05) is 18.5 Å². The molecule has 0 saturated carbocycles. The highest BCUT2D eigenvalue weighted by molar-refractivity contribution is 5.83. The van der Waals surface area contributed by atoms with Crippen LogP contribution in [0.5, 0.6) is 0 Å². The summed E-state index contributed by atoms with van der Waals surface area (Å²) in [7, 11) is 0. The summed E-state index contributed by atoms with van der Waals surface area (Å²) in [5, 5.41) is 0. The molecule has 3 nitrogen and oxygen atoms in total. The summed E-state index contributed by atoms with van der Waals surface area (Å²) >= 11 is 0. The van der Waals surface area contributed by atoms with Crippen LogP contribution in [0, 0.1) is 0 Å². The van der Waals surface area contributed by atoms with Gasteiger partial charge in [-0.05, 0) is 74.3 Å². The zero-order valence-electron chi connectivity index (χ0n) is 29.5. The molecule has 0 spiro atoms. The van der Waals surface area contributed by atoms with Crippen molar-refractivity contribution < 1.29 is 0 Å². The number of rotatable bonds is 7. The number of nitrogens with zero attached hydrogens (tertiary/aromatic N) is 3. The summed E-state index contributed by atoms with van der Waals surface area (Å²) < 4.78 is 0. The van der Waals surface area contributed by atoms with Gasteiger partial charge in [0.1, 0.15) is 0 Å². The molecule has 0 radical (unpaired) electrons. The Labute approximate surface area is 311 Å². The first-order chi connectivity index (χ1) is 26.2. The number of hydrogen-bond acceptors (Lipinski definition) is 3. The minimum Gasteiger partial charge on any atom is -0.264 e. The highest BCUT2D eigenvalue weighted by atomic mass is 14.9. The lowest BCUT2D eigenvalue weighted by molar-refractivity contribution is 0.647. The average molecular weight is 680 g/mol. The Bertz CT molecular complexity index is 2430. The first-order valence-corrected chi connectivity index (χ1v) is 18.2. The van der Waals surface area contributed by atoms with Gasteiger partial charge in [0, 0.05) is 40.9 Å². The second kappa shape index (κ2) is 14.1. The number of hydrogen-bond donors (Lipinski definition) is 0. The van der Waals surface area contributed by atoms with Gasteiger partial charge in [0.25, 0.3) is 0 Å². The van der Waals surface area contributed by atoms with Crippen molar-refractivity contribution in [3.63, 3.8) is 0 Å². The van der Waals surface area contributed by atoms with Crippen molar-refractivity contribution in [1.29, 1.82) is 0 Å². The molecule has 1 aliphatic carbocycles. The lowest BCUT2D eigenvalue weighted by Gasteiger charge is -2.28. The van der Waals surface area contributed by atoms with Crippen molar-refractivity contribution in [2.45, 2.75) is 18.8 Å². The Hall–Kier alpha value is -6.71. The lowest BCUT2D eigenvalue weighted by Crippen LogP contribution is -2.15. The van der Waals surface area contributed by atoms with Crippen molar-refractivity contribution in [3.8, 4) is 67.2 Å². The average Bonchev–Trinajstić information content (AvgIpc) is 3.25. The van der Waals surface area contributed by atoms with Gasteiger partial charge >= 0.3 is 0 Å². The number of allylic oxidation sites excluding steroid dienone is 1. The molecule has 3 heteroatoms. The summed E-state index contributed by atoms with van der Waals surface area (Å²) in [5.74, 6) is 1.11. The van der Waals surface area contributed by atoms with E-state index >= 15 is 0 Å². The Kier molecular flexibility index (Phi) is 8.59. The Morgan fingerprint density at radius 3 is 1.51 bits per heavy atom. The van der Waals surface area contributed by atoms with Crippen LogP contribution in [0.25, 0.3) is 73.2 Å². The Balaban J connectivity index is 1.20. The SMILES string of the molecule is CC1c2nc(-c3cc(-c4ccc(-c5ccccc5)cc4)cc(-c4ccc(-c5cccnc5)cc4)c3)nc(-c3ccccc3)c2C=C[C@@H]1c1ccccc1. The fraction of sp³-hybridized carbons (Fsp3) is 0.0600. The molecule has 0 saturated heterocycles. The smallest absolute Gasteiger partial charge is 0.160 e. The van der Waals surface area contributed by atoms with Crippen LogP contribution in [0.2, 0.25) is 0 Å². The van der Waals surface area contributed by atoms with Crippen molar-refractivity contribution in [2.75, 3.05) is 0 Å². The van der Waals surface area contributed by atoms with Gasteiger partial charge in [-0.3, -0.25) is 4.98 Å². The normalized spacial score (nSPS) is 14.8. The number of aromatic nitrogens is 3. The first kappa shape index (κ1) is 32.2. The number of benzene rings is 6. The highest BCUT2D eigenvalue weighted by Gasteiger charge is 2.29. The molecular formula is C50H37N3. The molecule has 0 fully saturated rings. The fourth-order valence-corrected chi connectivity index (χ4v) is 7.52. The maximum atomic E-state index is 5.43. The van der Waals surface area contributed by atoms with E-state index in [-0.39, 0.29) is 11.8 Å². The van der Waals surface area contributed by atoms with E-state index in [2.05, 4.69) is 188 Å². The van der Waals surface area contributed by atoms with Gasteiger partial charge in [-0.2, -0.15) is 0 Å². The summed E-state index contributed by atoms with van der Waals surface area (Å²) in [6.07, 6.45) is 8.27. The largest absolute Gasteiger partial charge is 0.264 e. The van der Waals surface area contributed by atoms with Crippen LogP contribution in [0.1, 0.15) is 35.6 Å². The predicted octanol–water partition coefficient (Wildman–Crippen LogP) is 12.8. The molecule has 0 N–H and O–H groups in total. The van der Waals surface area contributed by atoms with E-state index in [1.165, 1.54) is 16.7 Å². The first-order valence-electron chi connectivity index (χ1n) is 18.2. The van der Waals surface area contributed by atoms with E-state index < -0.39 is 0 Å². The van der Waals surface area contributed by atoms with Gasteiger partial charge in [-0.15, -0.1) is 0 Å². The van der Waals surface area contributed by atoms with Crippen molar-refractivity contribution in [1.82, 2.24) is 15.0 Å². The summed E-state index contributed by atoms with van der Waals surface area (Å²) in [6.45, 7) is 2.30. The van der Waals surface area contributed by atoms with Crippen LogP contribution in [-0.4, -0.2) is 15.0 Å². The Morgan fingerprint density at radius 2 is 0.925 bits per heavy atom. The third kappa shape index (κ3) is 6.50. The molecule has 0 amide bonds. The monoisotopic (exact) mass is 679 g/mol. The molecule has 9 rings (SSSR count). The maximum absolute atomic E-state index is 5.43.